The molecule has 1 saturated heterocycles. The van der Waals surface area contributed by atoms with Crippen LogP contribution in [0.1, 0.15) is 61.0 Å². The maximum Gasteiger partial charge on any atom is 0.416 e. The van der Waals surface area contributed by atoms with Crippen LogP contribution in [0.2, 0.25) is 0 Å². The quantitative estimate of drug-likeness (QED) is 0.0524. The molecule has 1 amide bonds. The highest BCUT2D eigenvalue weighted by molar-refractivity contribution is 7.90. The van der Waals surface area contributed by atoms with E-state index in [1.165, 1.54) is 30.0 Å². The number of benzene rings is 3. The van der Waals surface area contributed by atoms with Crippen LogP contribution in [0.5, 0.6) is 11.5 Å². The number of anilines is 2. The summed E-state index contributed by atoms with van der Waals surface area (Å²) in [5.74, 6) is -0.601. The summed E-state index contributed by atoms with van der Waals surface area (Å²) >= 11 is 0. The lowest BCUT2D eigenvalue weighted by molar-refractivity contribution is -0.384. The van der Waals surface area contributed by atoms with Crippen LogP contribution in [-0.2, 0) is 16.2 Å². The first-order valence-corrected chi connectivity index (χ1v) is 22.2. The number of hydrogen-bond donors (Lipinski definition) is 3. The molecule has 3 N–H and O–H groups in total. The summed E-state index contributed by atoms with van der Waals surface area (Å²) in [6.07, 6.45) is 2.04. The number of allylic oxidation sites excluding steroid dienone is 1. The zero-order chi connectivity index (χ0) is 45.1. The fourth-order valence-electron chi connectivity index (χ4n) is 8.08. The molecule has 0 bridgehead atoms. The van der Waals surface area contributed by atoms with Crippen molar-refractivity contribution in [2.24, 2.45) is 5.41 Å². The van der Waals surface area contributed by atoms with Gasteiger partial charge in [0.2, 0.25) is 0 Å². The van der Waals surface area contributed by atoms with Gasteiger partial charge in [-0.1, -0.05) is 37.6 Å². The molecular formula is C45H51F3N8O6S. The second-order valence-corrected chi connectivity index (χ2v) is 18.7. The molecule has 2 aromatic heterocycles. The number of piperazine rings is 1. The second-order valence-electron chi connectivity index (χ2n) is 17.1. The third-order valence-electron chi connectivity index (χ3n) is 11.5. The number of rotatable bonds is 15. The van der Waals surface area contributed by atoms with Crippen LogP contribution in [0.3, 0.4) is 0 Å². The molecule has 0 radical (unpaired) electrons. The number of nitrogens with zero attached hydrogens (tertiary/aromatic N) is 5. The monoisotopic (exact) mass is 888 g/mol. The molecule has 5 aromatic rings. The third kappa shape index (κ3) is 10.8. The minimum absolute atomic E-state index is 0.0000396. The van der Waals surface area contributed by atoms with Crippen LogP contribution < -0.4 is 19.7 Å². The van der Waals surface area contributed by atoms with Gasteiger partial charge in [-0.15, -0.1) is 0 Å². The summed E-state index contributed by atoms with van der Waals surface area (Å²) in [6, 6.07) is 17.3. The van der Waals surface area contributed by atoms with E-state index in [0.717, 1.165) is 60.5 Å². The number of sulfonamides is 1. The Bertz CT molecular complexity index is 2620. The first kappa shape index (κ1) is 45.1. The fourth-order valence-corrected chi connectivity index (χ4v) is 9.06. The number of nitrogens with one attached hydrogen (secondary N) is 3. The molecule has 3 heterocycles. The number of aromatic amines is 1. The number of fused-ring (bicyclic) bond motifs is 1. The molecule has 63 heavy (non-hydrogen) atoms. The first-order chi connectivity index (χ1) is 29.9. The number of alkyl halides is 3. The first-order valence-electron chi connectivity index (χ1n) is 20.7. The van der Waals surface area contributed by atoms with E-state index in [0.29, 0.717) is 62.8 Å². The van der Waals surface area contributed by atoms with Gasteiger partial charge in [-0.25, -0.2) is 18.1 Å². The Morgan fingerprint density at radius 3 is 2.48 bits per heavy atom. The molecule has 7 rings (SSSR count). The van der Waals surface area contributed by atoms with E-state index >= 15 is 0 Å². The molecule has 3 aromatic carbocycles. The summed E-state index contributed by atoms with van der Waals surface area (Å²) in [4.78, 5) is 38.7. The topological polar surface area (TPSA) is 166 Å². The number of hydrogen-bond acceptors (Lipinski definition) is 11. The Kier molecular flexibility index (Phi) is 13.2. The van der Waals surface area contributed by atoms with Gasteiger partial charge >= 0.3 is 6.18 Å². The van der Waals surface area contributed by atoms with Gasteiger partial charge in [-0.2, -0.15) is 13.2 Å². The van der Waals surface area contributed by atoms with Crippen molar-refractivity contribution in [3.05, 3.63) is 118 Å². The normalized spacial score (nSPS) is 16.1. The van der Waals surface area contributed by atoms with Crippen molar-refractivity contribution in [1.82, 2.24) is 24.5 Å². The number of H-pyrrole nitrogens is 1. The zero-order valence-corrected chi connectivity index (χ0v) is 36.4. The third-order valence-corrected chi connectivity index (χ3v) is 12.8. The Hall–Kier alpha value is -5.98. The Balaban J connectivity index is 1.13. The minimum atomic E-state index is -4.61. The predicted octanol–water partition coefficient (Wildman–Crippen LogP) is 8.55. The number of ether oxygens (including phenoxy) is 1. The second kappa shape index (κ2) is 18.4. The highest BCUT2D eigenvalue weighted by Crippen LogP contribution is 2.44. The number of nitro groups is 1. The average molecular weight is 889 g/mol. The molecule has 0 atom stereocenters. The molecule has 0 saturated carbocycles. The van der Waals surface area contributed by atoms with E-state index in [9.17, 15) is 36.5 Å². The van der Waals surface area contributed by atoms with E-state index in [4.69, 9.17) is 4.74 Å². The maximum atomic E-state index is 14.1. The Labute approximate surface area is 364 Å². The fraction of sp³-hybridized carbons (Fsp3) is 0.378. The molecule has 2 aliphatic rings. The maximum absolute atomic E-state index is 14.1. The van der Waals surface area contributed by atoms with Crippen molar-refractivity contribution in [3.8, 4) is 11.5 Å². The smallest absolute Gasteiger partial charge is 0.416 e. The highest BCUT2D eigenvalue weighted by atomic mass is 32.2. The van der Waals surface area contributed by atoms with Gasteiger partial charge in [0.05, 0.1) is 32.8 Å². The van der Waals surface area contributed by atoms with Gasteiger partial charge in [-0.3, -0.25) is 19.8 Å². The Morgan fingerprint density at radius 1 is 1.03 bits per heavy atom. The van der Waals surface area contributed by atoms with Crippen molar-refractivity contribution in [1.29, 1.82) is 0 Å². The summed E-state index contributed by atoms with van der Waals surface area (Å²) in [5, 5.41) is 15.8. The zero-order valence-electron chi connectivity index (χ0n) is 35.6. The van der Waals surface area contributed by atoms with Crippen molar-refractivity contribution in [2.45, 2.75) is 50.6 Å². The highest BCUT2D eigenvalue weighted by Gasteiger charge is 2.33. The van der Waals surface area contributed by atoms with Crippen LogP contribution in [0.4, 0.5) is 30.2 Å². The lowest BCUT2D eigenvalue weighted by Crippen LogP contribution is -2.47. The van der Waals surface area contributed by atoms with Crippen molar-refractivity contribution in [3.63, 3.8) is 0 Å². The molecule has 14 nitrogen and oxygen atoms in total. The lowest BCUT2D eigenvalue weighted by Gasteiger charge is -2.39. The van der Waals surface area contributed by atoms with E-state index in [1.54, 1.807) is 36.5 Å². The molecule has 1 fully saturated rings. The summed E-state index contributed by atoms with van der Waals surface area (Å²) in [5.41, 5.74) is 3.19. The van der Waals surface area contributed by atoms with Crippen LogP contribution in [-0.4, -0.2) is 98.9 Å². The van der Waals surface area contributed by atoms with Gasteiger partial charge in [-0.05, 0) is 111 Å². The molecule has 18 heteroatoms. The van der Waals surface area contributed by atoms with E-state index in [1.807, 2.05) is 25.1 Å². The molecule has 334 valence electrons. The standard InChI is InChI=1S/C45H51F3N8O6S/c1-44(2)17-15-32(37(27-44)30-9-11-33(12-10-30)45(46,47)48)29-54-21-23-55(24-22-54)39-8-5-7-36(41(39)62-34-25-31-16-19-50-42(31)51-28-34)43(57)52-63(60,61)35-13-14-38(40(26-35)56(58)59)49-18-6-20-53(3)4/h5,7-14,16,19,25-26,28,49H,6,15,17-18,20-24,27,29H2,1-4H3,(H,50,51)(H,52,57). The molecule has 1 aliphatic heterocycles. The number of pyridine rings is 1. The summed E-state index contributed by atoms with van der Waals surface area (Å²) in [7, 11) is -0.790. The summed E-state index contributed by atoms with van der Waals surface area (Å²) < 4.78 is 76.1. The number of carbonyl (C=O) groups is 1. The number of para-hydroxylation sites is 1. The van der Waals surface area contributed by atoms with Gasteiger partial charge in [0.1, 0.15) is 17.1 Å². The Morgan fingerprint density at radius 2 is 1.78 bits per heavy atom. The largest absolute Gasteiger partial charge is 0.453 e. The van der Waals surface area contributed by atoms with Gasteiger partial charge in [0.15, 0.2) is 5.75 Å². The van der Waals surface area contributed by atoms with Crippen LogP contribution in [0.25, 0.3) is 16.6 Å². The van der Waals surface area contributed by atoms with Gasteiger partial charge < -0.3 is 24.8 Å². The minimum Gasteiger partial charge on any atom is -0.453 e. The number of halogens is 3. The number of carbonyl (C=O) groups excluding carboxylic acids is 1. The molecule has 0 spiro atoms. The van der Waals surface area contributed by atoms with Crippen molar-refractivity contribution >= 4 is 49.6 Å². The van der Waals surface area contributed by atoms with E-state index in [-0.39, 0.29) is 22.4 Å². The SMILES string of the molecule is CN(C)CCCNc1ccc(S(=O)(=O)NC(=O)c2cccc(N3CCN(CC4=C(c5ccc(C(F)(F)F)cc5)CC(C)(C)CC4)CC3)c2Oc2cnc3[nH]ccc3c2)cc1[N+](=O)[O-]. The van der Waals surface area contributed by atoms with Crippen molar-refractivity contribution in [2.75, 3.05) is 70.1 Å². The molecular weight excluding hydrogens is 838 g/mol. The number of aromatic nitrogens is 2. The van der Waals surface area contributed by atoms with Crippen LogP contribution >= 0.6 is 0 Å². The average Bonchev–Trinajstić information content (AvgIpc) is 3.71. The molecule has 0 unspecified atom stereocenters. The van der Waals surface area contributed by atoms with Gasteiger partial charge in [0, 0.05) is 56.9 Å². The number of amides is 1. The van der Waals surface area contributed by atoms with E-state index in [2.05, 4.69) is 43.7 Å². The lowest BCUT2D eigenvalue weighted by atomic mass is 9.72. The van der Waals surface area contributed by atoms with E-state index < -0.39 is 43.2 Å². The number of nitro benzene ring substituents is 1. The summed E-state index contributed by atoms with van der Waals surface area (Å²) in [6.45, 7) is 8.45. The van der Waals surface area contributed by atoms with Crippen molar-refractivity contribution < 1.29 is 36.0 Å². The predicted molar refractivity (Wildman–Crippen MR) is 237 cm³/mol. The molecule has 1 aliphatic carbocycles. The van der Waals surface area contributed by atoms with Crippen LogP contribution in [0.15, 0.2) is 95.7 Å². The van der Waals surface area contributed by atoms with Gasteiger partial charge in [0.25, 0.3) is 21.6 Å². The van der Waals surface area contributed by atoms with Crippen LogP contribution in [0, 0.1) is 15.5 Å².